The summed E-state index contributed by atoms with van der Waals surface area (Å²) < 4.78 is 0. The second-order valence-electron chi connectivity index (χ2n) is 3.36. The number of anilines is 1. The van der Waals surface area contributed by atoms with Crippen LogP contribution in [0.25, 0.3) is 0 Å². The molecule has 4 nitrogen and oxygen atoms in total. The average Bonchev–Trinajstić information content (AvgIpc) is 2.63. The van der Waals surface area contributed by atoms with Crippen LogP contribution < -0.4 is 4.90 Å². The zero-order valence-corrected chi connectivity index (χ0v) is 8.47. The maximum absolute atomic E-state index is 11.9. The second-order valence-corrected chi connectivity index (χ2v) is 3.36. The Kier molecular flexibility index (Phi) is 2.67. The highest BCUT2D eigenvalue weighted by molar-refractivity contribution is 5.93. The van der Waals surface area contributed by atoms with Crippen molar-refractivity contribution in [2.45, 2.75) is 0 Å². The van der Waals surface area contributed by atoms with Crippen molar-refractivity contribution < 1.29 is 4.79 Å². The van der Waals surface area contributed by atoms with E-state index in [-0.39, 0.29) is 6.03 Å². The molecule has 1 aliphatic rings. The fourth-order valence-corrected chi connectivity index (χ4v) is 1.63. The van der Waals surface area contributed by atoms with Crippen molar-refractivity contribution in [2.24, 2.45) is 0 Å². The van der Waals surface area contributed by atoms with Crippen LogP contribution in [0.2, 0.25) is 0 Å². The zero-order chi connectivity index (χ0) is 10.7. The van der Waals surface area contributed by atoms with Gasteiger partial charge in [-0.15, -0.1) is 6.58 Å². The van der Waals surface area contributed by atoms with Gasteiger partial charge in [-0.25, -0.2) is 9.78 Å². The Labute approximate surface area is 88.8 Å². The first-order chi connectivity index (χ1) is 7.33. The summed E-state index contributed by atoms with van der Waals surface area (Å²) in [6, 6.07) is 5.57. The van der Waals surface area contributed by atoms with Gasteiger partial charge in [0.1, 0.15) is 5.82 Å². The third-order valence-corrected chi connectivity index (χ3v) is 2.37. The van der Waals surface area contributed by atoms with Gasteiger partial charge in [0, 0.05) is 25.8 Å². The first kappa shape index (κ1) is 9.71. The number of urea groups is 1. The summed E-state index contributed by atoms with van der Waals surface area (Å²) >= 11 is 0. The van der Waals surface area contributed by atoms with Crippen LogP contribution in [0, 0.1) is 0 Å². The summed E-state index contributed by atoms with van der Waals surface area (Å²) in [5.74, 6) is 0.717. The molecule has 0 saturated carbocycles. The lowest BCUT2D eigenvalue weighted by Crippen LogP contribution is -2.32. The lowest BCUT2D eigenvalue weighted by Gasteiger charge is -2.16. The third-order valence-electron chi connectivity index (χ3n) is 2.37. The molecule has 4 heteroatoms. The number of amides is 2. The fraction of sp³-hybridized carbons (Fsp3) is 0.273. The van der Waals surface area contributed by atoms with E-state index in [1.54, 1.807) is 22.1 Å². The van der Waals surface area contributed by atoms with Crippen LogP contribution in [0.3, 0.4) is 0 Å². The van der Waals surface area contributed by atoms with E-state index >= 15 is 0 Å². The van der Waals surface area contributed by atoms with Crippen LogP contribution >= 0.6 is 0 Å². The molecule has 15 heavy (non-hydrogen) atoms. The van der Waals surface area contributed by atoms with Gasteiger partial charge in [0.15, 0.2) is 0 Å². The highest BCUT2D eigenvalue weighted by atomic mass is 16.2. The minimum Gasteiger partial charge on any atom is -0.319 e. The van der Waals surface area contributed by atoms with Crippen molar-refractivity contribution in [3.8, 4) is 0 Å². The molecule has 1 aliphatic heterocycles. The summed E-state index contributed by atoms with van der Waals surface area (Å²) in [6.07, 6.45) is 3.43. The van der Waals surface area contributed by atoms with Crippen molar-refractivity contribution in [2.75, 3.05) is 24.5 Å². The summed E-state index contributed by atoms with van der Waals surface area (Å²) in [6.45, 7) is 5.66. The maximum atomic E-state index is 11.9. The SMILES string of the molecule is C=CCN1CCN(c2ccccn2)C1=O. The van der Waals surface area contributed by atoms with Gasteiger partial charge < -0.3 is 4.90 Å². The Morgan fingerprint density at radius 3 is 3.00 bits per heavy atom. The number of aromatic nitrogens is 1. The molecular formula is C11H13N3O. The number of carbonyl (C=O) groups is 1. The van der Waals surface area contributed by atoms with E-state index in [0.717, 1.165) is 6.54 Å². The monoisotopic (exact) mass is 203 g/mol. The molecule has 1 aromatic rings. The molecule has 0 aliphatic carbocycles. The van der Waals surface area contributed by atoms with E-state index in [9.17, 15) is 4.79 Å². The van der Waals surface area contributed by atoms with Crippen molar-refractivity contribution in [1.82, 2.24) is 9.88 Å². The molecule has 0 N–H and O–H groups in total. The summed E-state index contributed by atoms with van der Waals surface area (Å²) in [7, 11) is 0. The van der Waals surface area contributed by atoms with Crippen molar-refractivity contribution in [3.05, 3.63) is 37.1 Å². The van der Waals surface area contributed by atoms with Crippen LogP contribution in [-0.2, 0) is 0 Å². The normalized spacial score (nSPS) is 15.9. The van der Waals surface area contributed by atoms with Gasteiger partial charge in [-0.1, -0.05) is 12.1 Å². The first-order valence-electron chi connectivity index (χ1n) is 4.91. The van der Waals surface area contributed by atoms with Gasteiger partial charge in [-0.05, 0) is 12.1 Å². The molecule has 2 rings (SSSR count). The van der Waals surface area contributed by atoms with Gasteiger partial charge in [0.05, 0.1) is 0 Å². The molecule has 0 radical (unpaired) electrons. The zero-order valence-electron chi connectivity index (χ0n) is 8.47. The molecule has 0 unspecified atom stereocenters. The molecule has 0 atom stereocenters. The first-order valence-corrected chi connectivity index (χ1v) is 4.91. The second kappa shape index (κ2) is 4.13. The molecule has 0 aromatic carbocycles. The third kappa shape index (κ3) is 1.83. The molecule has 1 aromatic heterocycles. The molecule has 0 spiro atoms. The van der Waals surface area contributed by atoms with E-state index in [1.807, 2.05) is 18.2 Å². The molecule has 2 amide bonds. The van der Waals surface area contributed by atoms with Gasteiger partial charge in [0.25, 0.3) is 0 Å². The van der Waals surface area contributed by atoms with Crippen LogP contribution in [0.1, 0.15) is 0 Å². The fourth-order valence-electron chi connectivity index (χ4n) is 1.63. The van der Waals surface area contributed by atoms with E-state index < -0.39 is 0 Å². The van der Waals surface area contributed by atoms with E-state index in [4.69, 9.17) is 0 Å². The lowest BCUT2D eigenvalue weighted by atomic mass is 10.4. The summed E-state index contributed by atoms with van der Waals surface area (Å²) in [5.41, 5.74) is 0. The lowest BCUT2D eigenvalue weighted by molar-refractivity contribution is 0.225. The average molecular weight is 203 g/mol. The smallest absolute Gasteiger partial charge is 0.319 e. The molecule has 1 saturated heterocycles. The Hall–Kier alpha value is -1.84. The number of hydrogen-bond acceptors (Lipinski definition) is 2. The van der Waals surface area contributed by atoms with Gasteiger partial charge in [0.2, 0.25) is 0 Å². The largest absolute Gasteiger partial charge is 0.326 e. The Bertz CT molecular complexity index is 363. The number of pyridine rings is 1. The maximum Gasteiger partial charge on any atom is 0.326 e. The summed E-state index contributed by atoms with van der Waals surface area (Å²) in [5, 5.41) is 0. The highest BCUT2D eigenvalue weighted by Crippen LogP contribution is 2.16. The summed E-state index contributed by atoms with van der Waals surface area (Å²) in [4.78, 5) is 19.5. The molecule has 2 heterocycles. The Morgan fingerprint density at radius 2 is 2.33 bits per heavy atom. The number of nitrogens with zero attached hydrogens (tertiary/aromatic N) is 3. The molecular weight excluding hydrogens is 190 g/mol. The minimum absolute atomic E-state index is 0.00796. The number of hydrogen-bond donors (Lipinski definition) is 0. The van der Waals surface area contributed by atoms with Gasteiger partial charge in [-0.3, -0.25) is 4.90 Å². The standard InChI is InChI=1S/C11H13N3O/c1-2-7-13-8-9-14(11(13)15)10-5-3-4-6-12-10/h2-6H,1,7-9H2. The van der Waals surface area contributed by atoms with Crippen molar-refractivity contribution >= 4 is 11.8 Å². The molecule has 0 bridgehead atoms. The quantitative estimate of drug-likeness (QED) is 0.698. The van der Waals surface area contributed by atoms with Crippen LogP contribution in [0.15, 0.2) is 37.1 Å². The predicted octanol–water partition coefficient (Wildman–Crippen LogP) is 1.51. The molecule has 78 valence electrons. The van der Waals surface area contributed by atoms with Crippen LogP contribution in [-0.4, -0.2) is 35.5 Å². The highest BCUT2D eigenvalue weighted by Gasteiger charge is 2.28. The molecule has 1 fully saturated rings. The minimum atomic E-state index is 0.00796. The van der Waals surface area contributed by atoms with Crippen molar-refractivity contribution in [3.63, 3.8) is 0 Å². The number of carbonyl (C=O) groups excluding carboxylic acids is 1. The topological polar surface area (TPSA) is 36.4 Å². The Morgan fingerprint density at radius 1 is 1.47 bits per heavy atom. The van der Waals surface area contributed by atoms with Gasteiger partial charge in [-0.2, -0.15) is 0 Å². The van der Waals surface area contributed by atoms with Crippen LogP contribution in [0.5, 0.6) is 0 Å². The Balaban J connectivity index is 2.14. The van der Waals surface area contributed by atoms with E-state index in [1.165, 1.54) is 0 Å². The van der Waals surface area contributed by atoms with Crippen molar-refractivity contribution in [1.29, 1.82) is 0 Å². The predicted molar refractivity (Wildman–Crippen MR) is 58.7 cm³/mol. The van der Waals surface area contributed by atoms with E-state index in [2.05, 4.69) is 11.6 Å². The number of rotatable bonds is 3. The van der Waals surface area contributed by atoms with E-state index in [0.29, 0.717) is 18.9 Å². The van der Waals surface area contributed by atoms with Crippen LogP contribution in [0.4, 0.5) is 10.6 Å². The van der Waals surface area contributed by atoms with Gasteiger partial charge >= 0.3 is 6.03 Å².